The van der Waals surface area contributed by atoms with Crippen molar-refractivity contribution in [1.82, 2.24) is 4.98 Å². The van der Waals surface area contributed by atoms with Gasteiger partial charge >= 0.3 is 0 Å². The summed E-state index contributed by atoms with van der Waals surface area (Å²) in [6, 6.07) is 1.98. The average molecular weight is 234 g/mol. The lowest BCUT2D eigenvalue weighted by Crippen LogP contribution is -2.32. The van der Waals surface area contributed by atoms with E-state index in [1.54, 1.807) is 6.20 Å². The molecule has 0 aliphatic heterocycles. The molecule has 3 heteroatoms. The number of anilines is 1. The SMILES string of the molecule is CCC1CCC(O)(c2cc(C)cnc2N)CC1. The molecule has 1 aromatic heterocycles. The third-order valence-corrected chi connectivity index (χ3v) is 4.07. The van der Waals surface area contributed by atoms with Crippen LogP contribution in [0.15, 0.2) is 12.3 Å². The molecule has 1 fully saturated rings. The molecule has 3 N–H and O–H groups in total. The van der Waals surface area contributed by atoms with E-state index in [1.807, 2.05) is 13.0 Å². The number of pyridine rings is 1. The van der Waals surface area contributed by atoms with Gasteiger partial charge in [0.1, 0.15) is 5.82 Å². The van der Waals surface area contributed by atoms with Crippen molar-refractivity contribution < 1.29 is 5.11 Å². The Balaban J connectivity index is 2.24. The van der Waals surface area contributed by atoms with Crippen molar-refractivity contribution in [3.8, 4) is 0 Å². The molecule has 2 rings (SSSR count). The predicted molar refractivity (Wildman–Crippen MR) is 69.5 cm³/mol. The van der Waals surface area contributed by atoms with Gasteiger partial charge in [0, 0.05) is 11.8 Å². The van der Waals surface area contributed by atoms with Gasteiger partial charge in [-0.2, -0.15) is 0 Å². The largest absolute Gasteiger partial charge is 0.385 e. The fourth-order valence-electron chi connectivity index (χ4n) is 2.79. The maximum absolute atomic E-state index is 10.7. The highest BCUT2D eigenvalue weighted by atomic mass is 16.3. The molecule has 0 aromatic carbocycles. The number of hydrogen-bond donors (Lipinski definition) is 2. The Labute approximate surface area is 103 Å². The predicted octanol–water partition coefficient (Wildman–Crippen LogP) is 2.76. The van der Waals surface area contributed by atoms with E-state index in [9.17, 15) is 5.11 Å². The topological polar surface area (TPSA) is 59.1 Å². The zero-order valence-corrected chi connectivity index (χ0v) is 10.7. The zero-order valence-electron chi connectivity index (χ0n) is 10.7. The normalized spacial score (nSPS) is 29.2. The molecule has 0 unspecified atom stereocenters. The highest BCUT2D eigenvalue weighted by Crippen LogP contribution is 2.42. The second-order valence-electron chi connectivity index (χ2n) is 5.33. The van der Waals surface area contributed by atoms with E-state index in [2.05, 4.69) is 11.9 Å². The number of aliphatic hydroxyl groups is 1. The van der Waals surface area contributed by atoms with E-state index in [0.29, 0.717) is 5.82 Å². The lowest BCUT2D eigenvalue weighted by molar-refractivity contribution is -0.0141. The molecule has 1 aromatic rings. The van der Waals surface area contributed by atoms with Crippen molar-refractivity contribution in [2.24, 2.45) is 5.92 Å². The van der Waals surface area contributed by atoms with Crippen LogP contribution in [-0.2, 0) is 5.60 Å². The van der Waals surface area contributed by atoms with Crippen LogP contribution in [0.3, 0.4) is 0 Å². The van der Waals surface area contributed by atoms with E-state index in [0.717, 1.165) is 42.7 Å². The number of aromatic nitrogens is 1. The van der Waals surface area contributed by atoms with Crippen LogP contribution in [0.4, 0.5) is 5.82 Å². The molecule has 17 heavy (non-hydrogen) atoms. The van der Waals surface area contributed by atoms with Crippen molar-refractivity contribution in [1.29, 1.82) is 0 Å². The van der Waals surface area contributed by atoms with Gasteiger partial charge in [-0.15, -0.1) is 0 Å². The van der Waals surface area contributed by atoms with E-state index >= 15 is 0 Å². The number of rotatable bonds is 2. The van der Waals surface area contributed by atoms with Gasteiger partial charge in [-0.25, -0.2) is 4.98 Å². The molecule has 1 aliphatic carbocycles. The van der Waals surface area contributed by atoms with Crippen LogP contribution in [-0.4, -0.2) is 10.1 Å². The molecule has 0 amide bonds. The lowest BCUT2D eigenvalue weighted by Gasteiger charge is -2.36. The summed E-state index contributed by atoms with van der Waals surface area (Å²) in [6.45, 7) is 4.20. The van der Waals surface area contributed by atoms with Crippen molar-refractivity contribution in [3.05, 3.63) is 23.4 Å². The van der Waals surface area contributed by atoms with Crippen LogP contribution in [0.5, 0.6) is 0 Å². The van der Waals surface area contributed by atoms with Crippen LogP contribution >= 0.6 is 0 Å². The summed E-state index contributed by atoms with van der Waals surface area (Å²) in [5, 5.41) is 10.7. The molecule has 0 saturated heterocycles. The van der Waals surface area contributed by atoms with Crippen LogP contribution in [0.25, 0.3) is 0 Å². The maximum atomic E-state index is 10.7. The first-order chi connectivity index (χ1) is 8.05. The van der Waals surface area contributed by atoms with Crippen molar-refractivity contribution in [2.75, 3.05) is 5.73 Å². The Kier molecular flexibility index (Phi) is 3.38. The third kappa shape index (κ3) is 2.44. The van der Waals surface area contributed by atoms with Crippen molar-refractivity contribution >= 4 is 5.82 Å². The Morgan fingerprint density at radius 3 is 2.71 bits per heavy atom. The second kappa shape index (κ2) is 4.65. The van der Waals surface area contributed by atoms with Crippen LogP contribution in [0, 0.1) is 12.8 Å². The number of aryl methyl sites for hydroxylation is 1. The highest BCUT2D eigenvalue weighted by Gasteiger charge is 2.36. The molecule has 0 spiro atoms. The van der Waals surface area contributed by atoms with Crippen LogP contribution < -0.4 is 5.73 Å². The number of nitrogen functional groups attached to an aromatic ring is 1. The molecule has 1 saturated carbocycles. The standard InChI is InChI=1S/C14H22N2O/c1-3-11-4-6-14(17,7-5-11)12-8-10(2)9-16-13(12)15/h8-9,11,17H,3-7H2,1-2H3,(H2,15,16). The van der Waals surface area contributed by atoms with E-state index in [4.69, 9.17) is 5.73 Å². The van der Waals surface area contributed by atoms with E-state index in [-0.39, 0.29) is 0 Å². The first-order valence-electron chi connectivity index (χ1n) is 6.50. The molecule has 1 aliphatic rings. The smallest absolute Gasteiger partial charge is 0.129 e. The summed E-state index contributed by atoms with van der Waals surface area (Å²) in [7, 11) is 0. The average Bonchev–Trinajstić information content (AvgIpc) is 2.33. The van der Waals surface area contributed by atoms with Gasteiger partial charge in [0.05, 0.1) is 5.60 Å². The molecular formula is C14H22N2O. The van der Waals surface area contributed by atoms with Gasteiger partial charge in [-0.05, 0) is 50.2 Å². The van der Waals surface area contributed by atoms with E-state index < -0.39 is 5.60 Å². The molecule has 1 heterocycles. The van der Waals surface area contributed by atoms with Crippen molar-refractivity contribution in [3.63, 3.8) is 0 Å². The summed E-state index contributed by atoms with van der Waals surface area (Å²) in [5.41, 5.74) is 7.03. The van der Waals surface area contributed by atoms with Crippen LogP contribution in [0.2, 0.25) is 0 Å². The molecule has 0 bridgehead atoms. The summed E-state index contributed by atoms with van der Waals surface area (Å²) in [6.07, 6.45) is 6.74. The number of hydrogen-bond acceptors (Lipinski definition) is 3. The number of nitrogens with zero attached hydrogens (tertiary/aromatic N) is 1. The minimum absolute atomic E-state index is 0.480. The minimum atomic E-state index is -0.755. The minimum Gasteiger partial charge on any atom is -0.385 e. The first-order valence-corrected chi connectivity index (χ1v) is 6.50. The van der Waals surface area contributed by atoms with Crippen LogP contribution in [0.1, 0.15) is 50.2 Å². The maximum Gasteiger partial charge on any atom is 0.129 e. The Hall–Kier alpha value is -1.09. The highest BCUT2D eigenvalue weighted by molar-refractivity contribution is 5.44. The van der Waals surface area contributed by atoms with Gasteiger partial charge in [0.15, 0.2) is 0 Å². The zero-order chi connectivity index (χ0) is 12.5. The fraction of sp³-hybridized carbons (Fsp3) is 0.643. The monoisotopic (exact) mass is 234 g/mol. The van der Waals surface area contributed by atoms with Gasteiger partial charge < -0.3 is 10.8 Å². The molecule has 0 radical (unpaired) electrons. The third-order valence-electron chi connectivity index (χ3n) is 4.07. The summed E-state index contributed by atoms with van der Waals surface area (Å²) < 4.78 is 0. The summed E-state index contributed by atoms with van der Waals surface area (Å²) in [5.74, 6) is 1.24. The second-order valence-corrected chi connectivity index (χ2v) is 5.33. The molecular weight excluding hydrogens is 212 g/mol. The Morgan fingerprint density at radius 2 is 2.12 bits per heavy atom. The quantitative estimate of drug-likeness (QED) is 0.827. The molecule has 0 atom stereocenters. The van der Waals surface area contributed by atoms with Gasteiger partial charge in [0.25, 0.3) is 0 Å². The summed E-state index contributed by atoms with van der Waals surface area (Å²) >= 11 is 0. The Bertz CT molecular complexity index is 395. The lowest BCUT2D eigenvalue weighted by atomic mass is 9.74. The number of nitrogens with two attached hydrogens (primary N) is 1. The summed E-state index contributed by atoms with van der Waals surface area (Å²) in [4.78, 5) is 4.16. The molecule has 94 valence electrons. The van der Waals surface area contributed by atoms with Gasteiger partial charge in [-0.1, -0.05) is 13.3 Å². The van der Waals surface area contributed by atoms with Gasteiger partial charge in [-0.3, -0.25) is 0 Å². The van der Waals surface area contributed by atoms with Crippen molar-refractivity contribution in [2.45, 2.75) is 51.6 Å². The Morgan fingerprint density at radius 1 is 1.47 bits per heavy atom. The fourth-order valence-corrected chi connectivity index (χ4v) is 2.79. The van der Waals surface area contributed by atoms with E-state index in [1.165, 1.54) is 6.42 Å². The first kappa shape index (κ1) is 12.4. The molecule has 3 nitrogen and oxygen atoms in total. The van der Waals surface area contributed by atoms with Gasteiger partial charge in [0.2, 0.25) is 0 Å².